The molecular formula is C16H25N3O2. The molecule has 0 aromatic carbocycles. The molecule has 0 amide bonds. The van der Waals surface area contributed by atoms with Gasteiger partial charge in [0.05, 0.1) is 18.5 Å². The standard InChI is InChI=1S/C16H25N3O2/c1-3-21-15(20)16(2,14-12-17-10-11-18-14)19-13-8-6-4-5-7-9-13/h10-13,19H,3-9H2,1-2H3. The van der Waals surface area contributed by atoms with E-state index >= 15 is 0 Å². The van der Waals surface area contributed by atoms with Crippen molar-refractivity contribution in [3.63, 3.8) is 0 Å². The average Bonchev–Trinajstić information content (AvgIpc) is 2.77. The Bertz CT molecular complexity index is 444. The molecular weight excluding hydrogens is 266 g/mol. The molecule has 0 radical (unpaired) electrons. The minimum Gasteiger partial charge on any atom is -0.464 e. The molecule has 1 heterocycles. The number of hydrogen-bond acceptors (Lipinski definition) is 5. The summed E-state index contributed by atoms with van der Waals surface area (Å²) in [4.78, 5) is 20.9. The van der Waals surface area contributed by atoms with Crippen LogP contribution in [0, 0.1) is 0 Å². The van der Waals surface area contributed by atoms with Crippen molar-refractivity contribution in [1.29, 1.82) is 0 Å². The van der Waals surface area contributed by atoms with Gasteiger partial charge in [-0.1, -0.05) is 25.7 Å². The van der Waals surface area contributed by atoms with Crippen LogP contribution in [0.4, 0.5) is 0 Å². The molecule has 1 aromatic heterocycles. The van der Waals surface area contributed by atoms with E-state index in [2.05, 4.69) is 15.3 Å². The first-order chi connectivity index (χ1) is 10.2. The van der Waals surface area contributed by atoms with E-state index in [9.17, 15) is 4.79 Å². The van der Waals surface area contributed by atoms with Crippen molar-refractivity contribution < 1.29 is 9.53 Å². The van der Waals surface area contributed by atoms with Gasteiger partial charge < -0.3 is 4.74 Å². The van der Waals surface area contributed by atoms with Gasteiger partial charge in [0.15, 0.2) is 5.54 Å². The number of esters is 1. The first-order valence-electron chi connectivity index (χ1n) is 7.88. The molecule has 1 aliphatic rings. The number of aromatic nitrogens is 2. The highest BCUT2D eigenvalue weighted by molar-refractivity contribution is 5.81. The summed E-state index contributed by atoms with van der Waals surface area (Å²) < 4.78 is 5.27. The molecule has 0 bridgehead atoms. The Morgan fingerprint density at radius 2 is 2.05 bits per heavy atom. The van der Waals surface area contributed by atoms with Crippen LogP contribution in [0.1, 0.15) is 58.1 Å². The Labute approximate surface area is 126 Å². The van der Waals surface area contributed by atoms with Crippen molar-refractivity contribution in [2.75, 3.05) is 6.61 Å². The summed E-state index contributed by atoms with van der Waals surface area (Å²) in [6, 6.07) is 0.323. The van der Waals surface area contributed by atoms with Gasteiger partial charge in [-0.05, 0) is 26.7 Å². The van der Waals surface area contributed by atoms with Crippen LogP contribution in [0.2, 0.25) is 0 Å². The van der Waals surface area contributed by atoms with Crippen LogP contribution in [0.5, 0.6) is 0 Å². The molecule has 0 aliphatic heterocycles. The normalized spacial score (nSPS) is 19.5. The highest BCUT2D eigenvalue weighted by atomic mass is 16.5. The van der Waals surface area contributed by atoms with Crippen LogP contribution < -0.4 is 5.32 Å². The van der Waals surface area contributed by atoms with Gasteiger partial charge in [-0.3, -0.25) is 15.3 Å². The minimum absolute atomic E-state index is 0.283. The summed E-state index contributed by atoms with van der Waals surface area (Å²) in [6.07, 6.45) is 12.0. The van der Waals surface area contributed by atoms with Crippen LogP contribution in [0.25, 0.3) is 0 Å². The van der Waals surface area contributed by atoms with Gasteiger partial charge in [-0.2, -0.15) is 0 Å². The molecule has 1 aromatic rings. The third-order valence-corrected chi connectivity index (χ3v) is 4.11. The maximum atomic E-state index is 12.5. The Kier molecular flexibility index (Phi) is 5.67. The van der Waals surface area contributed by atoms with Crippen LogP contribution in [0.15, 0.2) is 18.6 Å². The molecule has 116 valence electrons. The highest BCUT2D eigenvalue weighted by Gasteiger charge is 2.40. The molecule has 5 nitrogen and oxygen atoms in total. The Morgan fingerprint density at radius 1 is 1.33 bits per heavy atom. The van der Waals surface area contributed by atoms with E-state index in [1.807, 2.05) is 13.8 Å². The molecule has 1 unspecified atom stereocenters. The number of carbonyl (C=O) groups excluding carboxylic acids is 1. The summed E-state index contributed by atoms with van der Waals surface area (Å²) in [7, 11) is 0. The predicted molar refractivity (Wildman–Crippen MR) is 80.6 cm³/mol. The van der Waals surface area contributed by atoms with Crippen molar-refractivity contribution in [3.8, 4) is 0 Å². The molecule has 1 saturated carbocycles. The lowest BCUT2D eigenvalue weighted by atomic mass is 9.95. The van der Waals surface area contributed by atoms with Gasteiger partial charge in [-0.15, -0.1) is 0 Å². The van der Waals surface area contributed by atoms with Gasteiger partial charge in [0.2, 0.25) is 0 Å². The lowest BCUT2D eigenvalue weighted by molar-refractivity contribution is -0.151. The van der Waals surface area contributed by atoms with Crippen LogP contribution in [-0.4, -0.2) is 28.6 Å². The Hall–Kier alpha value is -1.49. The molecule has 1 fully saturated rings. The predicted octanol–water partition coefficient (Wildman–Crippen LogP) is 2.57. The van der Waals surface area contributed by atoms with Gasteiger partial charge in [0.25, 0.3) is 0 Å². The molecule has 5 heteroatoms. The van der Waals surface area contributed by atoms with Crippen LogP contribution >= 0.6 is 0 Å². The molecule has 1 atom stereocenters. The summed E-state index contributed by atoms with van der Waals surface area (Å²) >= 11 is 0. The first-order valence-corrected chi connectivity index (χ1v) is 7.88. The van der Waals surface area contributed by atoms with Gasteiger partial charge >= 0.3 is 5.97 Å². The van der Waals surface area contributed by atoms with E-state index in [1.54, 1.807) is 18.6 Å². The van der Waals surface area contributed by atoms with Gasteiger partial charge in [0.1, 0.15) is 0 Å². The fraction of sp³-hybridized carbons (Fsp3) is 0.688. The molecule has 0 spiro atoms. The number of rotatable bonds is 5. The maximum absolute atomic E-state index is 12.5. The van der Waals surface area contributed by atoms with Crippen molar-refractivity contribution in [2.45, 2.75) is 64.0 Å². The minimum atomic E-state index is -0.931. The molecule has 1 aliphatic carbocycles. The van der Waals surface area contributed by atoms with Crippen molar-refractivity contribution >= 4 is 5.97 Å². The average molecular weight is 291 g/mol. The second-order valence-electron chi connectivity index (χ2n) is 5.77. The van der Waals surface area contributed by atoms with E-state index in [0.717, 1.165) is 12.8 Å². The van der Waals surface area contributed by atoms with E-state index in [0.29, 0.717) is 18.3 Å². The second kappa shape index (κ2) is 7.50. The van der Waals surface area contributed by atoms with Crippen LogP contribution in [-0.2, 0) is 15.1 Å². The fourth-order valence-electron chi connectivity index (χ4n) is 2.90. The Balaban J connectivity index is 2.21. The SMILES string of the molecule is CCOC(=O)C(C)(NC1CCCCCC1)c1cnccn1. The van der Waals surface area contributed by atoms with Gasteiger partial charge in [-0.25, -0.2) is 4.79 Å². The zero-order valence-electron chi connectivity index (χ0n) is 13.0. The van der Waals surface area contributed by atoms with Crippen molar-refractivity contribution in [3.05, 3.63) is 24.3 Å². The van der Waals surface area contributed by atoms with E-state index in [4.69, 9.17) is 4.74 Å². The van der Waals surface area contributed by atoms with Crippen LogP contribution in [0.3, 0.4) is 0 Å². The molecule has 1 N–H and O–H groups in total. The summed E-state index contributed by atoms with van der Waals surface area (Å²) in [6.45, 7) is 4.03. The van der Waals surface area contributed by atoms with Crippen molar-refractivity contribution in [2.24, 2.45) is 0 Å². The first kappa shape index (κ1) is 15.9. The van der Waals surface area contributed by atoms with E-state index < -0.39 is 5.54 Å². The van der Waals surface area contributed by atoms with E-state index in [-0.39, 0.29) is 5.97 Å². The third-order valence-electron chi connectivity index (χ3n) is 4.11. The lowest BCUT2D eigenvalue weighted by Gasteiger charge is -2.32. The van der Waals surface area contributed by atoms with E-state index in [1.165, 1.54) is 25.7 Å². The second-order valence-corrected chi connectivity index (χ2v) is 5.77. The highest BCUT2D eigenvalue weighted by Crippen LogP contribution is 2.25. The number of carbonyl (C=O) groups is 1. The number of nitrogens with zero attached hydrogens (tertiary/aromatic N) is 2. The number of ether oxygens (including phenoxy) is 1. The largest absolute Gasteiger partial charge is 0.464 e. The summed E-state index contributed by atoms with van der Waals surface area (Å²) in [5.74, 6) is -0.283. The summed E-state index contributed by atoms with van der Waals surface area (Å²) in [5, 5.41) is 3.50. The zero-order valence-corrected chi connectivity index (χ0v) is 13.0. The quantitative estimate of drug-likeness (QED) is 0.667. The molecule has 0 saturated heterocycles. The molecule has 21 heavy (non-hydrogen) atoms. The van der Waals surface area contributed by atoms with Gasteiger partial charge in [0, 0.05) is 18.4 Å². The topological polar surface area (TPSA) is 64.1 Å². The molecule has 2 rings (SSSR count). The Morgan fingerprint density at radius 3 is 2.62 bits per heavy atom. The lowest BCUT2D eigenvalue weighted by Crippen LogP contribution is -2.52. The summed E-state index contributed by atoms with van der Waals surface area (Å²) in [5.41, 5.74) is -0.313. The fourth-order valence-corrected chi connectivity index (χ4v) is 2.90. The third kappa shape index (κ3) is 4.00. The number of hydrogen-bond donors (Lipinski definition) is 1. The van der Waals surface area contributed by atoms with Crippen molar-refractivity contribution in [1.82, 2.24) is 15.3 Å². The monoisotopic (exact) mass is 291 g/mol. The maximum Gasteiger partial charge on any atom is 0.332 e. The number of nitrogens with one attached hydrogen (secondary N) is 1. The zero-order chi connectivity index (χ0) is 15.1. The smallest absolute Gasteiger partial charge is 0.332 e.